The van der Waals surface area contributed by atoms with E-state index < -0.39 is 0 Å². The third-order valence-electron chi connectivity index (χ3n) is 5.26. The Bertz CT molecular complexity index is 814. The molecule has 25 heavy (non-hydrogen) atoms. The Hall–Kier alpha value is -2.09. The summed E-state index contributed by atoms with van der Waals surface area (Å²) in [7, 11) is 0. The minimum atomic E-state index is 0. The Kier molecular flexibility index (Phi) is 5.57. The average Bonchev–Trinajstić information content (AvgIpc) is 2.63. The van der Waals surface area contributed by atoms with Gasteiger partial charge in [-0.1, -0.05) is 78.9 Å². The molecule has 0 saturated heterocycles. The van der Waals surface area contributed by atoms with Gasteiger partial charge < -0.3 is 17.3 Å². The summed E-state index contributed by atoms with van der Waals surface area (Å²) in [6.07, 6.45) is 1.16. The lowest BCUT2D eigenvalue weighted by Crippen LogP contribution is -3.14. The standard InChI is InChI=1S/C23H23N.ClH/c1-18-15-21-13-8-14-22(20-11-6-3-7-12-20)23(21)17-24(18)16-19-9-4-2-5-10-19;/h2-14,18H,15-17H2,1H3;1H. The zero-order valence-corrected chi connectivity index (χ0v) is 15.3. The molecule has 0 bridgehead atoms. The van der Waals surface area contributed by atoms with Crippen molar-refractivity contribution in [2.24, 2.45) is 0 Å². The molecule has 1 heterocycles. The lowest BCUT2D eigenvalue weighted by Gasteiger charge is -2.33. The van der Waals surface area contributed by atoms with Gasteiger partial charge in [0.2, 0.25) is 0 Å². The fraction of sp³-hybridized carbons (Fsp3) is 0.217. The van der Waals surface area contributed by atoms with Gasteiger partial charge >= 0.3 is 0 Å². The van der Waals surface area contributed by atoms with Crippen molar-refractivity contribution < 1.29 is 17.3 Å². The first-order valence-corrected chi connectivity index (χ1v) is 8.86. The molecular formula is C23H24ClN. The second kappa shape index (κ2) is 7.86. The number of benzene rings is 3. The van der Waals surface area contributed by atoms with E-state index in [2.05, 4.69) is 85.8 Å². The number of quaternary nitrogens is 1. The summed E-state index contributed by atoms with van der Waals surface area (Å²) in [5.41, 5.74) is 7.24. The van der Waals surface area contributed by atoms with Crippen LogP contribution in [0.4, 0.5) is 0 Å². The van der Waals surface area contributed by atoms with Crippen LogP contribution in [-0.2, 0) is 19.5 Å². The summed E-state index contributed by atoms with van der Waals surface area (Å²) in [6.45, 7) is 4.59. The minimum absolute atomic E-state index is 0. The van der Waals surface area contributed by atoms with Crippen LogP contribution >= 0.6 is 0 Å². The van der Waals surface area contributed by atoms with Gasteiger partial charge in [0.15, 0.2) is 0 Å². The molecule has 0 saturated carbocycles. The molecule has 0 aromatic heterocycles. The predicted molar refractivity (Wildman–Crippen MR) is 99.9 cm³/mol. The number of rotatable bonds is 3. The summed E-state index contributed by atoms with van der Waals surface area (Å²) < 4.78 is 0. The van der Waals surface area contributed by atoms with Crippen molar-refractivity contribution in [2.45, 2.75) is 32.5 Å². The maximum atomic E-state index is 2.39. The van der Waals surface area contributed by atoms with Crippen LogP contribution in [0, 0.1) is 0 Å². The van der Waals surface area contributed by atoms with Crippen LogP contribution in [0.15, 0.2) is 78.9 Å². The fourth-order valence-corrected chi connectivity index (χ4v) is 3.89. The van der Waals surface area contributed by atoms with Crippen molar-refractivity contribution in [3.05, 3.63) is 95.6 Å². The molecule has 3 aromatic carbocycles. The van der Waals surface area contributed by atoms with E-state index in [1.165, 1.54) is 27.8 Å². The summed E-state index contributed by atoms with van der Waals surface area (Å²) in [5.74, 6) is 0. The normalized spacial score (nSPS) is 18.9. The molecule has 3 aromatic rings. The van der Waals surface area contributed by atoms with E-state index in [4.69, 9.17) is 0 Å². The fourth-order valence-electron chi connectivity index (χ4n) is 3.89. The molecule has 1 nitrogen and oxygen atoms in total. The van der Waals surface area contributed by atoms with Crippen molar-refractivity contribution >= 4 is 0 Å². The largest absolute Gasteiger partial charge is 1.00 e. The van der Waals surface area contributed by atoms with Crippen molar-refractivity contribution in [1.29, 1.82) is 0 Å². The second-order valence-electron chi connectivity index (χ2n) is 6.91. The summed E-state index contributed by atoms with van der Waals surface area (Å²) in [4.78, 5) is 1.66. The van der Waals surface area contributed by atoms with Gasteiger partial charge in [-0.15, -0.1) is 0 Å². The van der Waals surface area contributed by atoms with Crippen LogP contribution in [0.5, 0.6) is 0 Å². The van der Waals surface area contributed by atoms with Crippen molar-refractivity contribution in [1.82, 2.24) is 0 Å². The number of fused-ring (bicyclic) bond motifs is 1. The van der Waals surface area contributed by atoms with Gasteiger partial charge in [0, 0.05) is 17.5 Å². The number of hydrogen-bond acceptors (Lipinski definition) is 0. The molecular weight excluding hydrogens is 326 g/mol. The zero-order valence-electron chi connectivity index (χ0n) is 14.6. The van der Waals surface area contributed by atoms with E-state index in [9.17, 15) is 0 Å². The third-order valence-corrected chi connectivity index (χ3v) is 5.26. The van der Waals surface area contributed by atoms with Crippen LogP contribution in [0.2, 0.25) is 0 Å². The molecule has 0 aliphatic carbocycles. The summed E-state index contributed by atoms with van der Waals surface area (Å²) >= 11 is 0. The summed E-state index contributed by atoms with van der Waals surface area (Å²) in [6, 6.07) is 29.2. The first kappa shape index (κ1) is 17.7. The van der Waals surface area contributed by atoms with Gasteiger partial charge in [0.1, 0.15) is 13.1 Å². The molecule has 4 rings (SSSR count). The van der Waals surface area contributed by atoms with Gasteiger partial charge in [-0.05, 0) is 23.6 Å². The number of halogens is 1. The molecule has 2 heteroatoms. The van der Waals surface area contributed by atoms with Crippen LogP contribution in [0.3, 0.4) is 0 Å². The van der Waals surface area contributed by atoms with Crippen LogP contribution in [-0.4, -0.2) is 6.04 Å². The van der Waals surface area contributed by atoms with Gasteiger partial charge in [-0.2, -0.15) is 0 Å². The van der Waals surface area contributed by atoms with Gasteiger partial charge in [0.05, 0.1) is 6.04 Å². The topological polar surface area (TPSA) is 4.44 Å². The molecule has 1 N–H and O–H groups in total. The maximum Gasteiger partial charge on any atom is 0.104 e. The number of hydrogen-bond donors (Lipinski definition) is 1. The van der Waals surface area contributed by atoms with E-state index in [-0.39, 0.29) is 12.4 Å². The first-order chi connectivity index (χ1) is 11.8. The Morgan fingerprint density at radius 2 is 1.52 bits per heavy atom. The monoisotopic (exact) mass is 349 g/mol. The third kappa shape index (κ3) is 3.78. The van der Waals surface area contributed by atoms with Crippen LogP contribution in [0.1, 0.15) is 23.6 Å². The highest BCUT2D eigenvalue weighted by Gasteiger charge is 2.28. The Labute approximate surface area is 156 Å². The molecule has 128 valence electrons. The maximum absolute atomic E-state index is 2.39. The summed E-state index contributed by atoms with van der Waals surface area (Å²) in [5, 5.41) is 0. The lowest BCUT2D eigenvalue weighted by atomic mass is 9.88. The van der Waals surface area contributed by atoms with E-state index in [0.29, 0.717) is 6.04 Å². The Morgan fingerprint density at radius 3 is 2.24 bits per heavy atom. The first-order valence-electron chi connectivity index (χ1n) is 8.86. The smallest absolute Gasteiger partial charge is 0.104 e. The molecule has 1 aliphatic rings. The van der Waals surface area contributed by atoms with Gasteiger partial charge in [-0.3, -0.25) is 0 Å². The second-order valence-corrected chi connectivity index (χ2v) is 6.91. The van der Waals surface area contributed by atoms with Gasteiger partial charge in [-0.25, -0.2) is 0 Å². The molecule has 0 spiro atoms. The van der Waals surface area contributed by atoms with Crippen molar-refractivity contribution in [2.75, 3.05) is 0 Å². The molecule has 2 unspecified atom stereocenters. The van der Waals surface area contributed by atoms with Crippen molar-refractivity contribution in [3.63, 3.8) is 0 Å². The van der Waals surface area contributed by atoms with Gasteiger partial charge in [0.25, 0.3) is 0 Å². The van der Waals surface area contributed by atoms with Crippen LogP contribution < -0.4 is 17.3 Å². The number of nitrogens with one attached hydrogen (secondary N) is 1. The zero-order chi connectivity index (χ0) is 16.4. The highest BCUT2D eigenvalue weighted by Crippen LogP contribution is 2.28. The van der Waals surface area contributed by atoms with Crippen LogP contribution in [0.25, 0.3) is 11.1 Å². The molecule has 2 atom stereocenters. The lowest BCUT2D eigenvalue weighted by molar-refractivity contribution is -0.952. The highest BCUT2D eigenvalue weighted by molar-refractivity contribution is 5.68. The molecule has 1 aliphatic heterocycles. The quantitative estimate of drug-likeness (QED) is 0.716. The van der Waals surface area contributed by atoms with E-state index in [1.54, 1.807) is 4.90 Å². The average molecular weight is 350 g/mol. The van der Waals surface area contributed by atoms with E-state index in [1.807, 2.05) is 0 Å². The molecule has 0 amide bonds. The molecule has 0 radical (unpaired) electrons. The predicted octanol–water partition coefficient (Wildman–Crippen LogP) is 0.887. The van der Waals surface area contributed by atoms with E-state index in [0.717, 1.165) is 19.5 Å². The Morgan fingerprint density at radius 1 is 0.840 bits per heavy atom. The minimum Gasteiger partial charge on any atom is -1.00 e. The van der Waals surface area contributed by atoms with E-state index >= 15 is 0 Å². The SMILES string of the molecule is CC1Cc2cccc(-c3ccccc3)c2C[NH+]1Cc1ccccc1.[Cl-]. The van der Waals surface area contributed by atoms with Crippen molar-refractivity contribution in [3.8, 4) is 11.1 Å². The molecule has 0 fully saturated rings. The Balaban J connectivity index is 0.00000182. The highest BCUT2D eigenvalue weighted by atomic mass is 35.5.